The topological polar surface area (TPSA) is 46.2 Å². The zero-order valence-electron chi connectivity index (χ0n) is 11.0. The van der Waals surface area contributed by atoms with Gasteiger partial charge in [-0.15, -0.1) is 0 Å². The Morgan fingerprint density at radius 3 is 1.94 bits per heavy atom. The van der Waals surface area contributed by atoms with Crippen LogP contribution >= 0.6 is 12.6 Å². The SMILES string of the molecule is CC(C)C(=O)C(C)(C)CC(C)(C)NC(=O)S. The first-order chi connectivity index (χ1) is 6.98. The third-order valence-electron chi connectivity index (χ3n) is 2.52. The Bertz CT molecular complexity index is 283. The molecule has 0 aliphatic heterocycles. The third-order valence-corrected chi connectivity index (χ3v) is 2.63. The maximum Gasteiger partial charge on any atom is 0.276 e. The van der Waals surface area contributed by atoms with E-state index in [0.717, 1.165) is 0 Å². The van der Waals surface area contributed by atoms with Crippen LogP contribution in [0, 0.1) is 11.3 Å². The Labute approximate surface area is 104 Å². The van der Waals surface area contributed by atoms with E-state index in [0.29, 0.717) is 6.42 Å². The molecule has 0 aromatic carbocycles. The summed E-state index contributed by atoms with van der Waals surface area (Å²) in [6, 6.07) is 0. The number of amides is 1. The van der Waals surface area contributed by atoms with Gasteiger partial charge in [0.15, 0.2) is 0 Å². The van der Waals surface area contributed by atoms with Crippen molar-refractivity contribution < 1.29 is 9.59 Å². The van der Waals surface area contributed by atoms with Crippen molar-refractivity contribution in [3.8, 4) is 0 Å². The quantitative estimate of drug-likeness (QED) is 0.731. The molecule has 1 N–H and O–H groups in total. The van der Waals surface area contributed by atoms with E-state index in [9.17, 15) is 9.59 Å². The molecule has 0 spiro atoms. The van der Waals surface area contributed by atoms with E-state index in [4.69, 9.17) is 0 Å². The van der Waals surface area contributed by atoms with Crippen LogP contribution in [0.3, 0.4) is 0 Å². The highest BCUT2D eigenvalue weighted by atomic mass is 32.1. The minimum atomic E-state index is -0.437. The number of carbonyl (C=O) groups excluding carboxylic acids is 2. The van der Waals surface area contributed by atoms with Gasteiger partial charge in [0.2, 0.25) is 0 Å². The van der Waals surface area contributed by atoms with Crippen LogP contribution in [0.2, 0.25) is 0 Å². The van der Waals surface area contributed by atoms with Crippen molar-refractivity contribution >= 4 is 23.7 Å². The van der Waals surface area contributed by atoms with Crippen molar-refractivity contribution in [2.75, 3.05) is 0 Å². The van der Waals surface area contributed by atoms with Crippen LogP contribution in [0.5, 0.6) is 0 Å². The number of thiol groups is 1. The molecule has 0 atom stereocenters. The van der Waals surface area contributed by atoms with E-state index in [-0.39, 0.29) is 16.9 Å². The first kappa shape index (κ1) is 15.5. The minimum Gasteiger partial charge on any atom is -0.342 e. The molecule has 0 rings (SSSR count). The van der Waals surface area contributed by atoms with Crippen LogP contribution in [-0.4, -0.2) is 16.6 Å². The van der Waals surface area contributed by atoms with E-state index in [2.05, 4.69) is 17.9 Å². The molecular formula is C12H23NO2S. The summed E-state index contributed by atoms with van der Waals surface area (Å²) in [5.74, 6) is 0.228. The monoisotopic (exact) mass is 245 g/mol. The van der Waals surface area contributed by atoms with Gasteiger partial charge in [-0.3, -0.25) is 9.59 Å². The predicted octanol–water partition coefficient (Wildman–Crippen LogP) is 3.05. The molecule has 1 amide bonds. The standard InChI is InChI=1S/C12H23NO2S/c1-8(2)9(14)11(3,4)7-12(5,6)13-10(15)16/h8H,7H2,1-6H3,(H2,13,15,16). The maximum atomic E-state index is 12.0. The van der Waals surface area contributed by atoms with Gasteiger partial charge in [-0.05, 0) is 20.3 Å². The predicted molar refractivity (Wildman–Crippen MR) is 69.8 cm³/mol. The van der Waals surface area contributed by atoms with Crippen molar-refractivity contribution in [1.29, 1.82) is 0 Å². The second-order valence-corrected chi connectivity index (χ2v) is 6.30. The summed E-state index contributed by atoms with van der Waals surface area (Å²) in [6.07, 6.45) is 0.601. The molecule has 3 nitrogen and oxygen atoms in total. The first-order valence-electron chi connectivity index (χ1n) is 5.53. The lowest BCUT2D eigenvalue weighted by Crippen LogP contribution is -2.46. The third kappa shape index (κ3) is 5.01. The molecule has 0 heterocycles. The van der Waals surface area contributed by atoms with Crippen molar-refractivity contribution in [3.63, 3.8) is 0 Å². The summed E-state index contributed by atoms with van der Waals surface area (Å²) in [4.78, 5) is 22.9. The molecular weight excluding hydrogens is 222 g/mol. The van der Waals surface area contributed by atoms with Gasteiger partial charge in [0, 0.05) is 16.9 Å². The summed E-state index contributed by atoms with van der Waals surface area (Å²) in [6.45, 7) is 11.4. The second kappa shape index (κ2) is 5.21. The lowest BCUT2D eigenvalue weighted by molar-refractivity contribution is -0.131. The van der Waals surface area contributed by atoms with Gasteiger partial charge in [-0.2, -0.15) is 0 Å². The number of carbonyl (C=O) groups is 2. The van der Waals surface area contributed by atoms with Gasteiger partial charge in [0.25, 0.3) is 5.24 Å². The van der Waals surface area contributed by atoms with Crippen LogP contribution in [0.4, 0.5) is 4.79 Å². The molecule has 0 aliphatic rings. The molecule has 0 saturated carbocycles. The Balaban J connectivity index is 4.69. The molecule has 16 heavy (non-hydrogen) atoms. The maximum absolute atomic E-state index is 12.0. The van der Waals surface area contributed by atoms with Crippen LogP contribution in [-0.2, 0) is 4.79 Å². The van der Waals surface area contributed by atoms with Gasteiger partial charge < -0.3 is 5.32 Å². The van der Waals surface area contributed by atoms with Gasteiger partial charge in [-0.25, -0.2) is 0 Å². The second-order valence-electron chi connectivity index (χ2n) is 5.89. The number of rotatable bonds is 5. The molecule has 0 fully saturated rings. The molecule has 0 radical (unpaired) electrons. The fraction of sp³-hybridized carbons (Fsp3) is 0.833. The van der Waals surface area contributed by atoms with Crippen molar-refractivity contribution in [2.45, 2.75) is 53.5 Å². The molecule has 0 bridgehead atoms. The van der Waals surface area contributed by atoms with Gasteiger partial charge >= 0.3 is 0 Å². The van der Waals surface area contributed by atoms with Crippen molar-refractivity contribution in [1.82, 2.24) is 5.32 Å². The highest BCUT2D eigenvalue weighted by Crippen LogP contribution is 2.31. The van der Waals surface area contributed by atoms with Crippen LogP contribution < -0.4 is 5.32 Å². The Morgan fingerprint density at radius 2 is 1.62 bits per heavy atom. The van der Waals surface area contributed by atoms with Crippen LogP contribution in [0.15, 0.2) is 0 Å². The van der Waals surface area contributed by atoms with E-state index in [1.807, 2.05) is 41.5 Å². The summed E-state index contributed by atoms with van der Waals surface area (Å²) < 4.78 is 0. The largest absolute Gasteiger partial charge is 0.342 e. The fourth-order valence-electron chi connectivity index (χ4n) is 2.31. The Morgan fingerprint density at radius 1 is 1.19 bits per heavy atom. The average molecular weight is 245 g/mol. The van der Waals surface area contributed by atoms with Gasteiger partial charge in [-0.1, -0.05) is 40.3 Å². The first-order valence-corrected chi connectivity index (χ1v) is 5.98. The molecule has 4 heteroatoms. The van der Waals surface area contributed by atoms with Crippen LogP contribution in [0.25, 0.3) is 0 Å². The van der Waals surface area contributed by atoms with E-state index in [1.54, 1.807) is 0 Å². The van der Waals surface area contributed by atoms with Crippen molar-refractivity contribution in [2.24, 2.45) is 11.3 Å². The highest BCUT2D eigenvalue weighted by Gasteiger charge is 2.35. The van der Waals surface area contributed by atoms with Crippen molar-refractivity contribution in [3.05, 3.63) is 0 Å². The number of hydrogen-bond acceptors (Lipinski definition) is 2. The number of nitrogens with one attached hydrogen (secondary N) is 1. The van der Waals surface area contributed by atoms with Gasteiger partial charge in [0.1, 0.15) is 5.78 Å². The zero-order chi connectivity index (χ0) is 13.1. The summed E-state index contributed by atoms with van der Waals surface area (Å²) in [7, 11) is 0. The number of Topliss-reactive ketones (excluding diaryl/α,β-unsaturated/α-hetero) is 1. The van der Waals surface area contributed by atoms with Crippen LogP contribution in [0.1, 0.15) is 48.0 Å². The lowest BCUT2D eigenvalue weighted by Gasteiger charge is -2.35. The Kier molecular flexibility index (Phi) is 5.05. The smallest absolute Gasteiger partial charge is 0.276 e. The minimum absolute atomic E-state index is 0.0116. The van der Waals surface area contributed by atoms with E-state index in [1.165, 1.54) is 0 Å². The normalized spacial score (nSPS) is 12.8. The molecule has 0 unspecified atom stereocenters. The molecule has 0 aliphatic carbocycles. The fourth-order valence-corrected chi connectivity index (χ4v) is 2.61. The highest BCUT2D eigenvalue weighted by molar-refractivity contribution is 7.96. The van der Waals surface area contributed by atoms with E-state index < -0.39 is 11.0 Å². The summed E-state index contributed by atoms with van der Waals surface area (Å²) in [5.41, 5.74) is -0.860. The van der Waals surface area contributed by atoms with Gasteiger partial charge in [0.05, 0.1) is 0 Å². The lowest BCUT2D eigenvalue weighted by atomic mass is 9.74. The summed E-state index contributed by atoms with van der Waals surface area (Å²) in [5, 5.41) is 2.38. The number of hydrogen-bond donors (Lipinski definition) is 2. The Hall–Kier alpha value is -0.510. The molecule has 0 aromatic heterocycles. The number of ketones is 1. The van der Waals surface area contributed by atoms with E-state index >= 15 is 0 Å². The summed E-state index contributed by atoms with van der Waals surface area (Å²) >= 11 is 3.70. The molecule has 0 aromatic rings. The molecule has 94 valence electrons. The molecule has 0 saturated heterocycles. The average Bonchev–Trinajstić information content (AvgIpc) is 1.97. The zero-order valence-corrected chi connectivity index (χ0v) is 11.9.